The molecule has 1 aliphatic rings. The molecule has 0 spiro atoms. The van der Waals surface area contributed by atoms with Gasteiger partial charge >= 0.3 is 0 Å². The van der Waals surface area contributed by atoms with Gasteiger partial charge in [-0.2, -0.15) is 0 Å². The molecule has 0 aromatic rings. The van der Waals surface area contributed by atoms with Gasteiger partial charge in [0.1, 0.15) is 0 Å². The van der Waals surface area contributed by atoms with Crippen LogP contribution in [0, 0.1) is 5.92 Å². The number of methoxy groups -OCH3 is 1. The Bertz CT molecular complexity index is 105. The first-order valence-electron chi connectivity index (χ1n) is 4.71. The summed E-state index contributed by atoms with van der Waals surface area (Å²) < 4.78 is 10.1. The molecule has 1 aliphatic carbocycles. The average Bonchev–Trinajstić information content (AvgIpc) is 2.87. The molecule has 12 heavy (non-hydrogen) atoms. The zero-order chi connectivity index (χ0) is 8.65. The maximum Gasteiger partial charge on any atom is 0.0700 e. The van der Waals surface area contributed by atoms with Gasteiger partial charge in [-0.25, -0.2) is 0 Å². The summed E-state index contributed by atoms with van der Waals surface area (Å²) in [5.41, 5.74) is 0. The van der Waals surface area contributed by atoms with Crippen LogP contribution in [0.2, 0.25) is 0 Å². The summed E-state index contributed by atoms with van der Waals surface area (Å²) in [6.07, 6.45) is 2.83. The van der Waals surface area contributed by atoms with Crippen molar-refractivity contribution in [3.8, 4) is 0 Å². The van der Waals surface area contributed by atoms with Gasteiger partial charge in [-0.3, -0.25) is 0 Å². The van der Waals surface area contributed by atoms with E-state index < -0.39 is 0 Å². The van der Waals surface area contributed by atoms with Crippen LogP contribution in [0.3, 0.4) is 0 Å². The standard InChI is InChI=1S/C9H19NO2/c1-11-6-7-12-5-4-10-8-9-2-3-9/h9-10H,2-8H2,1H3. The second-order valence-corrected chi connectivity index (χ2v) is 3.25. The fourth-order valence-corrected chi connectivity index (χ4v) is 1.02. The SMILES string of the molecule is COCCOCCNCC1CC1. The lowest BCUT2D eigenvalue weighted by Gasteiger charge is -2.04. The second-order valence-electron chi connectivity index (χ2n) is 3.25. The predicted molar refractivity (Wildman–Crippen MR) is 48.3 cm³/mol. The molecule has 0 unspecified atom stereocenters. The van der Waals surface area contributed by atoms with Gasteiger partial charge in [0.25, 0.3) is 0 Å². The van der Waals surface area contributed by atoms with Crippen molar-refractivity contribution >= 4 is 0 Å². The van der Waals surface area contributed by atoms with Crippen molar-refractivity contribution in [3.05, 3.63) is 0 Å². The first-order valence-corrected chi connectivity index (χ1v) is 4.71. The Morgan fingerprint density at radius 2 is 2.08 bits per heavy atom. The summed E-state index contributed by atoms with van der Waals surface area (Å²) in [4.78, 5) is 0. The minimum Gasteiger partial charge on any atom is -0.382 e. The van der Waals surface area contributed by atoms with E-state index in [9.17, 15) is 0 Å². The molecule has 0 bridgehead atoms. The van der Waals surface area contributed by atoms with Crippen LogP contribution in [-0.4, -0.2) is 40.0 Å². The fourth-order valence-electron chi connectivity index (χ4n) is 1.02. The monoisotopic (exact) mass is 173 g/mol. The third kappa shape index (κ3) is 5.52. The van der Waals surface area contributed by atoms with E-state index >= 15 is 0 Å². The van der Waals surface area contributed by atoms with Crippen LogP contribution in [0.5, 0.6) is 0 Å². The molecule has 0 aromatic carbocycles. The number of hydrogen-bond donors (Lipinski definition) is 1. The predicted octanol–water partition coefficient (Wildman–Crippen LogP) is 0.649. The highest BCUT2D eigenvalue weighted by Gasteiger charge is 2.19. The summed E-state index contributed by atoms with van der Waals surface area (Å²) in [6.45, 7) is 4.36. The van der Waals surface area contributed by atoms with Gasteiger partial charge in [0, 0.05) is 13.7 Å². The highest BCUT2D eigenvalue weighted by atomic mass is 16.5. The maximum atomic E-state index is 5.29. The van der Waals surface area contributed by atoms with E-state index in [1.54, 1.807) is 7.11 Å². The molecule has 1 fully saturated rings. The van der Waals surface area contributed by atoms with Crippen molar-refractivity contribution in [2.24, 2.45) is 5.92 Å². The topological polar surface area (TPSA) is 30.5 Å². The molecule has 1 saturated carbocycles. The molecule has 0 radical (unpaired) electrons. The largest absolute Gasteiger partial charge is 0.382 e. The zero-order valence-electron chi connectivity index (χ0n) is 7.84. The summed E-state index contributed by atoms with van der Waals surface area (Å²) in [5, 5.41) is 3.36. The summed E-state index contributed by atoms with van der Waals surface area (Å²) >= 11 is 0. The number of ether oxygens (including phenoxy) is 2. The van der Waals surface area contributed by atoms with Gasteiger partial charge in [0.15, 0.2) is 0 Å². The Morgan fingerprint density at radius 3 is 2.75 bits per heavy atom. The minimum absolute atomic E-state index is 0.697. The molecule has 0 amide bonds. The van der Waals surface area contributed by atoms with Crippen molar-refractivity contribution in [1.82, 2.24) is 5.32 Å². The Hall–Kier alpha value is -0.120. The van der Waals surface area contributed by atoms with E-state index in [-0.39, 0.29) is 0 Å². The molecule has 1 rings (SSSR count). The molecular weight excluding hydrogens is 154 g/mol. The third-order valence-corrected chi connectivity index (χ3v) is 1.98. The molecule has 0 heterocycles. The molecule has 0 aliphatic heterocycles. The molecule has 3 nitrogen and oxygen atoms in total. The van der Waals surface area contributed by atoms with E-state index in [1.807, 2.05) is 0 Å². The fraction of sp³-hybridized carbons (Fsp3) is 1.00. The van der Waals surface area contributed by atoms with Crippen molar-refractivity contribution in [1.29, 1.82) is 0 Å². The summed E-state index contributed by atoms with van der Waals surface area (Å²) in [7, 11) is 1.69. The van der Waals surface area contributed by atoms with Gasteiger partial charge < -0.3 is 14.8 Å². The molecule has 1 N–H and O–H groups in total. The second kappa shape index (κ2) is 6.40. The number of nitrogens with one attached hydrogen (secondary N) is 1. The van der Waals surface area contributed by atoms with Gasteiger partial charge in [0.2, 0.25) is 0 Å². The van der Waals surface area contributed by atoms with Gasteiger partial charge in [-0.15, -0.1) is 0 Å². The van der Waals surface area contributed by atoms with Crippen LogP contribution >= 0.6 is 0 Å². The van der Waals surface area contributed by atoms with E-state index in [2.05, 4.69) is 5.32 Å². The van der Waals surface area contributed by atoms with E-state index in [0.717, 1.165) is 19.1 Å². The third-order valence-electron chi connectivity index (χ3n) is 1.98. The Kier molecular flexibility index (Phi) is 5.32. The van der Waals surface area contributed by atoms with Crippen molar-refractivity contribution in [2.45, 2.75) is 12.8 Å². The minimum atomic E-state index is 0.697. The Labute approximate surface area is 74.4 Å². The zero-order valence-corrected chi connectivity index (χ0v) is 7.84. The van der Waals surface area contributed by atoms with Gasteiger partial charge in [-0.1, -0.05) is 0 Å². The van der Waals surface area contributed by atoms with Gasteiger partial charge in [0.05, 0.1) is 19.8 Å². The van der Waals surface area contributed by atoms with Crippen LogP contribution < -0.4 is 5.32 Å². The van der Waals surface area contributed by atoms with E-state index in [1.165, 1.54) is 19.4 Å². The van der Waals surface area contributed by atoms with Crippen molar-refractivity contribution in [2.75, 3.05) is 40.0 Å². The van der Waals surface area contributed by atoms with Crippen LogP contribution in [0.25, 0.3) is 0 Å². The number of rotatable bonds is 8. The highest BCUT2D eigenvalue weighted by molar-refractivity contribution is 4.74. The quantitative estimate of drug-likeness (QED) is 0.547. The van der Waals surface area contributed by atoms with Crippen LogP contribution in [0.4, 0.5) is 0 Å². The molecule has 0 saturated heterocycles. The Morgan fingerprint density at radius 1 is 1.25 bits per heavy atom. The van der Waals surface area contributed by atoms with Crippen molar-refractivity contribution in [3.63, 3.8) is 0 Å². The van der Waals surface area contributed by atoms with Crippen LogP contribution in [-0.2, 0) is 9.47 Å². The lowest BCUT2D eigenvalue weighted by molar-refractivity contribution is 0.0719. The lowest BCUT2D eigenvalue weighted by Crippen LogP contribution is -2.22. The normalized spacial score (nSPS) is 16.8. The van der Waals surface area contributed by atoms with Gasteiger partial charge in [-0.05, 0) is 25.3 Å². The first-order chi connectivity index (χ1) is 5.93. The van der Waals surface area contributed by atoms with Crippen molar-refractivity contribution < 1.29 is 9.47 Å². The first kappa shape index (κ1) is 9.96. The lowest BCUT2D eigenvalue weighted by atomic mass is 10.4. The van der Waals surface area contributed by atoms with E-state index in [0.29, 0.717) is 13.2 Å². The molecule has 72 valence electrons. The Balaban J connectivity index is 1.65. The average molecular weight is 173 g/mol. The number of hydrogen-bond acceptors (Lipinski definition) is 3. The molecular formula is C9H19NO2. The highest BCUT2D eigenvalue weighted by Crippen LogP contribution is 2.27. The smallest absolute Gasteiger partial charge is 0.0700 e. The van der Waals surface area contributed by atoms with Crippen LogP contribution in [0.15, 0.2) is 0 Å². The molecule has 3 heteroatoms. The molecule has 0 aromatic heterocycles. The van der Waals surface area contributed by atoms with Crippen LogP contribution in [0.1, 0.15) is 12.8 Å². The summed E-state index contributed by atoms with van der Waals surface area (Å²) in [6, 6.07) is 0. The van der Waals surface area contributed by atoms with E-state index in [4.69, 9.17) is 9.47 Å². The summed E-state index contributed by atoms with van der Waals surface area (Å²) in [5.74, 6) is 0.962. The maximum absolute atomic E-state index is 5.29. The molecule has 0 atom stereocenters.